The van der Waals surface area contributed by atoms with Gasteiger partial charge >= 0.3 is 0 Å². The molecule has 224 valence electrons. The number of alkyl halides is 1. The van der Waals surface area contributed by atoms with E-state index < -0.39 is 5.82 Å². The molecule has 0 fully saturated rings. The normalized spacial score (nSPS) is 14.0. The minimum Gasteiger partial charge on any atom is -0.392 e. The Hall–Kier alpha value is -3.51. The van der Waals surface area contributed by atoms with Gasteiger partial charge in [-0.1, -0.05) is 0 Å². The van der Waals surface area contributed by atoms with Gasteiger partial charge in [0.15, 0.2) is 0 Å². The average molecular weight is 603 g/mol. The monoisotopic (exact) mass is 602 g/mol. The molecule has 2 aliphatic heterocycles. The van der Waals surface area contributed by atoms with Crippen molar-refractivity contribution >= 4 is 44.8 Å². The molecule has 42 heavy (non-hydrogen) atoms. The van der Waals surface area contributed by atoms with Gasteiger partial charge in [0, 0.05) is 44.3 Å². The molecule has 0 spiro atoms. The van der Waals surface area contributed by atoms with Crippen molar-refractivity contribution in [2.24, 2.45) is 0 Å². The topological polar surface area (TPSA) is 107 Å². The Morgan fingerprint density at radius 3 is 1.69 bits per heavy atom. The fourth-order valence-corrected chi connectivity index (χ4v) is 5.92. The zero-order chi connectivity index (χ0) is 30.0. The van der Waals surface area contributed by atoms with E-state index in [0.29, 0.717) is 68.3 Å². The zero-order valence-electron chi connectivity index (χ0n) is 23.5. The van der Waals surface area contributed by atoms with Gasteiger partial charge in [0.1, 0.15) is 25.1 Å². The second kappa shape index (κ2) is 12.8. The SMILES string of the molecule is COCn1c(=O)c2c(c3c(F)cc(CCl)cc31)NCCC2.COCn1c(=O)c2c(c3c(F)cc(CO)cc31)NCCC2. The molecule has 4 heterocycles. The van der Waals surface area contributed by atoms with Crippen LogP contribution in [0, 0.1) is 11.6 Å². The first-order chi connectivity index (χ1) is 20.3. The number of hydrogen-bond donors (Lipinski definition) is 3. The quantitative estimate of drug-likeness (QED) is 0.280. The first-order valence-corrected chi connectivity index (χ1v) is 14.3. The van der Waals surface area contributed by atoms with Gasteiger partial charge < -0.3 is 25.2 Å². The number of aromatic nitrogens is 2. The maximum atomic E-state index is 14.5. The summed E-state index contributed by atoms with van der Waals surface area (Å²) in [5.41, 5.74) is 4.16. The van der Waals surface area contributed by atoms with Gasteiger partial charge in [-0.15, -0.1) is 11.6 Å². The Bertz CT molecular complexity index is 1640. The molecule has 9 nitrogen and oxygen atoms in total. The lowest BCUT2D eigenvalue weighted by molar-refractivity contribution is 0.131. The molecule has 2 aromatic carbocycles. The minimum absolute atomic E-state index is 0.0525. The Balaban J connectivity index is 0.000000168. The van der Waals surface area contributed by atoms with Crippen molar-refractivity contribution in [2.45, 2.75) is 51.6 Å². The van der Waals surface area contributed by atoms with E-state index >= 15 is 0 Å². The van der Waals surface area contributed by atoms with Crippen LogP contribution in [0.25, 0.3) is 21.8 Å². The van der Waals surface area contributed by atoms with Crippen molar-refractivity contribution in [3.05, 3.63) is 78.9 Å². The van der Waals surface area contributed by atoms with E-state index in [4.69, 9.17) is 21.1 Å². The van der Waals surface area contributed by atoms with Crippen LogP contribution >= 0.6 is 11.6 Å². The summed E-state index contributed by atoms with van der Waals surface area (Å²) in [6, 6.07) is 6.12. The van der Waals surface area contributed by atoms with Crippen LogP contribution in [0.15, 0.2) is 33.9 Å². The van der Waals surface area contributed by atoms with Crippen molar-refractivity contribution < 1.29 is 23.4 Å². The van der Waals surface area contributed by atoms with Crippen molar-refractivity contribution in [3.8, 4) is 0 Å². The lowest BCUT2D eigenvalue weighted by atomic mass is 9.99. The third-order valence-corrected chi connectivity index (χ3v) is 7.92. The molecular formula is C30H33ClF2N4O5. The number of anilines is 2. The summed E-state index contributed by atoms with van der Waals surface area (Å²) in [5.74, 6) is -0.607. The number of aliphatic hydroxyl groups excluding tert-OH is 1. The van der Waals surface area contributed by atoms with E-state index in [9.17, 15) is 23.5 Å². The standard InChI is InChI=1S/C15H16ClFN2O2.C15H17FN2O3/c1-21-8-19-12-6-9(7-16)5-11(17)13(12)14-10(15(19)20)3-2-4-18-14;1-21-8-18-12-6-9(7-19)5-11(16)13(12)14-10(15(18)20)3-2-4-17-14/h5-6,18H,2-4,7-8H2,1H3;5-6,17,19H,2-4,7-8H2,1H3. The third-order valence-electron chi connectivity index (χ3n) is 7.61. The fourth-order valence-electron chi connectivity index (χ4n) is 5.77. The Kier molecular flexibility index (Phi) is 9.12. The van der Waals surface area contributed by atoms with Gasteiger partial charge in [-0.25, -0.2) is 8.78 Å². The van der Waals surface area contributed by atoms with Gasteiger partial charge in [-0.05, 0) is 61.1 Å². The van der Waals surface area contributed by atoms with Crippen LogP contribution in [0.2, 0.25) is 0 Å². The predicted molar refractivity (Wildman–Crippen MR) is 159 cm³/mol. The average Bonchev–Trinajstić information content (AvgIpc) is 3.01. The summed E-state index contributed by atoms with van der Waals surface area (Å²) in [4.78, 5) is 25.2. The lowest BCUT2D eigenvalue weighted by Crippen LogP contribution is -2.29. The number of ether oxygens (including phenoxy) is 2. The Morgan fingerprint density at radius 2 is 1.26 bits per heavy atom. The van der Waals surface area contributed by atoms with Gasteiger partial charge in [-0.2, -0.15) is 0 Å². The van der Waals surface area contributed by atoms with Crippen LogP contribution in [0.4, 0.5) is 20.2 Å². The molecule has 0 atom stereocenters. The highest BCUT2D eigenvalue weighted by molar-refractivity contribution is 6.17. The third kappa shape index (κ3) is 5.37. The Labute approximate surface area is 245 Å². The first kappa shape index (κ1) is 30.0. The van der Waals surface area contributed by atoms with Crippen LogP contribution in [0.5, 0.6) is 0 Å². The maximum absolute atomic E-state index is 14.5. The van der Waals surface area contributed by atoms with E-state index in [1.807, 2.05) is 0 Å². The second-order valence-corrected chi connectivity index (χ2v) is 10.6. The van der Waals surface area contributed by atoms with Crippen molar-refractivity contribution in [3.63, 3.8) is 0 Å². The number of pyridine rings is 2. The number of hydrogen-bond acceptors (Lipinski definition) is 7. The van der Waals surface area contributed by atoms with Crippen molar-refractivity contribution in [1.29, 1.82) is 0 Å². The molecule has 6 rings (SSSR count). The smallest absolute Gasteiger partial charge is 0.258 e. The summed E-state index contributed by atoms with van der Waals surface area (Å²) >= 11 is 5.81. The predicted octanol–water partition coefficient (Wildman–Crippen LogP) is 4.44. The van der Waals surface area contributed by atoms with Crippen LogP contribution in [0.1, 0.15) is 35.1 Å². The highest BCUT2D eigenvalue weighted by Gasteiger charge is 2.23. The highest BCUT2D eigenvalue weighted by atomic mass is 35.5. The van der Waals surface area contributed by atoms with Crippen LogP contribution in [0.3, 0.4) is 0 Å². The van der Waals surface area contributed by atoms with Crippen LogP contribution in [-0.2, 0) is 48.3 Å². The number of nitrogens with zero attached hydrogens (tertiary/aromatic N) is 2. The van der Waals surface area contributed by atoms with Gasteiger partial charge in [0.05, 0.1) is 39.8 Å². The second-order valence-electron chi connectivity index (χ2n) is 10.3. The van der Waals surface area contributed by atoms with Gasteiger partial charge in [0.25, 0.3) is 11.1 Å². The molecule has 0 amide bonds. The minimum atomic E-state index is -0.438. The van der Waals surface area contributed by atoms with Crippen molar-refractivity contribution in [2.75, 3.05) is 37.9 Å². The number of rotatable bonds is 6. The molecule has 4 aromatic rings. The number of nitrogens with one attached hydrogen (secondary N) is 2. The molecule has 0 saturated heterocycles. The fraction of sp³-hybridized carbons (Fsp3) is 0.400. The van der Waals surface area contributed by atoms with E-state index in [1.54, 1.807) is 12.1 Å². The molecular weight excluding hydrogens is 570 g/mol. The van der Waals surface area contributed by atoms with Crippen LogP contribution < -0.4 is 21.8 Å². The van der Waals surface area contributed by atoms with E-state index in [2.05, 4.69) is 10.6 Å². The number of methoxy groups -OCH3 is 2. The number of fused-ring (bicyclic) bond motifs is 6. The zero-order valence-corrected chi connectivity index (χ0v) is 24.2. The number of benzene rings is 2. The molecule has 0 unspecified atom stereocenters. The molecule has 0 bridgehead atoms. The van der Waals surface area contributed by atoms with Gasteiger partial charge in [-0.3, -0.25) is 18.7 Å². The maximum Gasteiger partial charge on any atom is 0.258 e. The van der Waals surface area contributed by atoms with E-state index in [1.165, 1.54) is 35.5 Å². The van der Waals surface area contributed by atoms with E-state index in [-0.39, 0.29) is 42.9 Å². The number of aliphatic hydroxyl groups is 1. The molecule has 0 saturated carbocycles. The van der Waals surface area contributed by atoms with Gasteiger partial charge in [0.2, 0.25) is 0 Å². The lowest BCUT2D eigenvalue weighted by Gasteiger charge is -2.22. The molecule has 0 aliphatic carbocycles. The van der Waals surface area contributed by atoms with E-state index in [0.717, 1.165) is 25.9 Å². The molecule has 12 heteroatoms. The largest absolute Gasteiger partial charge is 0.392 e. The van der Waals surface area contributed by atoms with Crippen molar-refractivity contribution in [1.82, 2.24) is 9.13 Å². The first-order valence-electron chi connectivity index (χ1n) is 13.7. The summed E-state index contributed by atoms with van der Waals surface area (Å²) in [5, 5.41) is 16.4. The highest BCUT2D eigenvalue weighted by Crippen LogP contribution is 2.33. The summed E-state index contributed by atoms with van der Waals surface area (Å²) in [6.45, 7) is 1.33. The summed E-state index contributed by atoms with van der Waals surface area (Å²) in [7, 11) is 3.00. The molecule has 3 N–H and O–H groups in total. The summed E-state index contributed by atoms with van der Waals surface area (Å²) < 4.78 is 42.1. The molecule has 0 radical (unpaired) electrons. The molecule has 2 aliphatic rings. The summed E-state index contributed by atoms with van der Waals surface area (Å²) in [6.07, 6.45) is 2.98. The number of halogens is 3. The Morgan fingerprint density at radius 1 is 0.810 bits per heavy atom. The van der Waals surface area contributed by atoms with Crippen LogP contribution in [-0.4, -0.2) is 41.5 Å². The molecule has 2 aromatic heterocycles.